The molecule has 1 aliphatic heterocycles. The first-order valence-corrected chi connectivity index (χ1v) is 10.8. The van der Waals surface area contributed by atoms with Crippen LogP contribution < -0.4 is 14.8 Å². The summed E-state index contributed by atoms with van der Waals surface area (Å²) in [5.74, 6) is 0.757. The van der Waals surface area contributed by atoms with Gasteiger partial charge in [-0.05, 0) is 47.0 Å². The summed E-state index contributed by atoms with van der Waals surface area (Å²) in [4.78, 5) is 26.2. The Bertz CT molecular complexity index is 1160. The number of halogens is 1. The highest BCUT2D eigenvalue weighted by Gasteiger charge is 2.33. The van der Waals surface area contributed by atoms with Gasteiger partial charge in [-0.1, -0.05) is 64.5 Å². The fourth-order valence-electron chi connectivity index (χ4n) is 3.28. The average molecular weight is 493 g/mol. The second-order valence-corrected chi connectivity index (χ2v) is 8.11. The van der Waals surface area contributed by atoms with Gasteiger partial charge in [-0.2, -0.15) is 0 Å². The molecule has 1 saturated heterocycles. The van der Waals surface area contributed by atoms with Crippen LogP contribution in [0.2, 0.25) is 0 Å². The third kappa shape index (κ3) is 5.00. The standard InChI is InChI=1S/C25H21BrN2O4/c1-31-23-14-19(9-12-22(23)32-16-18-7-10-20(26)11-8-18)13-21-24(29)28(25(30)27-21)15-17-5-3-2-4-6-17/h2-14H,15-16H2,1H3,(H,27,30)/b21-13-. The summed E-state index contributed by atoms with van der Waals surface area (Å²) in [5.41, 5.74) is 2.84. The lowest BCUT2D eigenvalue weighted by Gasteiger charge is -2.12. The Kier molecular flexibility index (Phi) is 6.56. The Morgan fingerprint density at radius 2 is 1.69 bits per heavy atom. The molecule has 3 aromatic rings. The molecule has 0 bridgehead atoms. The maximum absolute atomic E-state index is 12.7. The number of hydrogen-bond acceptors (Lipinski definition) is 4. The van der Waals surface area contributed by atoms with E-state index in [9.17, 15) is 9.59 Å². The third-order valence-corrected chi connectivity index (χ3v) is 5.48. The second kappa shape index (κ2) is 9.70. The van der Waals surface area contributed by atoms with E-state index in [0.29, 0.717) is 23.7 Å². The first kappa shape index (κ1) is 21.6. The van der Waals surface area contributed by atoms with Crippen molar-refractivity contribution in [2.75, 3.05) is 7.11 Å². The van der Waals surface area contributed by atoms with Crippen molar-refractivity contribution in [2.24, 2.45) is 0 Å². The molecule has 1 heterocycles. The van der Waals surface area contributed by atoms with Crippen molar-refractivity contribution in [1.82, 2.24) is 10.2 Å². The van der Waals surface area contributed by atoms with E-state index in [1.807, 2.05) is 60.7 Å². The number of benzene rings is 3. The molecule has 0 radical (unpaired) electrons. The van der Waals surface area contributed by atoms with Gasteiger partial charge in [-0.3, -0.25) is 9.69 Å². The highest BCUT2D eigenvalue weighted by Crippen LogP contribution is 2.30. The molecular weight excluding hydrogens is 472 g/mol. The number of carbonyl (C=O) groups excluding carboxylic acids is 2. The number of urea groups is 1. The van der Waals surface area contributed by atoms with Crippen molar-refractivity contribution in [3.05, 3.63) is 99.7 Å². The summed E-state index contributed by atoms with van der Waals surface area (Å²) < 4.78 is 12.4. The zero-order valence-electron chi connectivity index (χ0n) is 17.4. The van der Waals surface area contributed by atoms with Gasteiger partial charge < -0.3 is 14.8 Å². The summed E-state index contributed by atoms with van der Waals surface area (Å²) in [6.45, 7) is 0.613. The minimum Gasteiger partial charge on any atom is -0.493 e. The lowest BCUT2D eigenvalue weighted by Crippen LogP contribution is -2.30. The van der Waals surface area contributed by atoms with Crippen LogP contribution in [0.4, 0.5) is 4.79 Å². The Morgan fingerprint density at radius 3 is 2.41 bits per heavy atom. The highest BCUT2D eigenvalue weighted by atomic mass is 79.9. The number of nitrogens with zero attached hydrogens (tertiary/aromatic N) is 1. The van der Waals surface area contributed by atoms with E-state index in [4.69, 9.17) is 9.47 Å². The quantitative estimate of drug-likeness (QED) is 0.366. The SMILES string of the molecule is COc1cc(/C=C2\NC(=O)N(Cc3ccccc3)C2=O)ccc1OCc1ccc(Br)cc1. The van der Waals surface area contributed by atoms with Crippen molar-refractivity contribution in [3.8, 4) is 11.5 Å². The molecule has 3 amide bonds. The number of amides is 3. The van der Waals surface area contributed by atoms with E-state index in [2.05, 4.69) is 21.2 Å². The van der Waals surface area contributed by atoms with Crippen LogP contribution in [-0.4, -0.2) is 23.9 Å². The van der Waals surface area contributed by atoms with Gasteiger partial charge in [0.05, 0.1) is 13.7 Å². The summed E-state index contributed by atoms with van der Waals surface area (Å²) in [6, 6.07) is 22.2. The molecule has 6 nitrogen and oxygen atoms in total. The first-order valence-electron chi connectivity index (χ1n) is 9.97. The second-order valence-electron chi connectivity index (χ2n) is 7.19. The normalized spacial score (nSPS) is 14.6. The van der Waals surface area contributed by atoms with Crippen molar-refractivity contribution < 1.29 is 19.1 Å². The topological polar surface area (TPSA) is 67.9 Å². The summed E-state index contributed by atoms with van der Waals surface area (Å²) >= 11 is 3.42. The van der Waals surface area contributed by atoms with Crippen molar-refractivity contribution in [1.29, 1.82) is 0 Å². The van der Waals surface area contributed by atoms with E-state index in [0.717, 1.165) is 15.6 Å². The molecular formula is C25H21BrN2O4. The molecule has 0 aliphatic carbocycles. The van der Waals surface area contributed by atoms with E-state index in [1.165, 1.54) is 4.90 Å². The molecule has 0 spiro atoms. The van der Waals surface area contributed by atoms with Crippen LogP contribution in [0.15, 0.2) is 83.0 Å². The number of methoxy groups -OCH3 is 1. The van der Waals surface area contributed by atoms with Crippen molar-refractivity contribution in [2.45, 2.75) is 13.2 Å². The van der Waals surface area contributed by atoms with Crippen LogP contribution >= 0.6 is 15.9 Å². The molecule has 4 rings (SSSR count). The van der Waals surface area contributed by atoms with E-state index in [1.54, 1.807) is 25.3 Å². The molecule has 162 valence electrons. The van der Waals surface area contributed by atoms with E-state index < -0.39 is 6.03 Å². The monoisotopic (exact) mass is 492 g/mol. The van der Waals surface area contributed by atoms with Crippen molar-refractivity contribution >= 4 is 33.9 Å². The molecule has 1 aliphatic rings. The molecule has 0 saturated carbocycles. The van der Waals surface area contributed by atoms with Gasteiger partial charge in [0.2, 0.25) is 0 Å². The molecule has 0 unspecified atom stereocenters. The van der Waals surface area contributed by atoms with Crippen LogP contribution in [-0.2, 0) is 17.9 Å². The van der Waals surface area contributed by atoms with E-state index >= 15 is 0 Å². The third-order valence-electron chi connectivity index (χ3n) is 4.95. The van der Waals surface area contributed by atoms with Gasteiger partial charge in [-0.25, -0.2) is 4.79 Å². The van der Waals surface area contributed by atoms with Crippen LogP contribution in [0.3, 0.4) is 0 Å². The Balaban J connectivity index is 1.48. The predicted octanol–water partition coefficient (Wildman–Crippen LogP) is 5.13. The lowest BCUT2D eigenvalue weighted by atomic mass is 10.1. The number of carbonyl (C=O) groups is 2. The van der Waals surface area contributed by atoms with Gasteiger partial charge in [0.15, 0.2) is 11.5 Å². The minimum absolute atomic E-state index is 0.217. The fourth-order valence-corrected chi connectivity index (χ4v) is 3.55. The van der Waals surface area contributed by atoms with Crippen LogP contribution in [0.5, 0.6) is 11.5 Å². The summed E-state index contributed by atoms with van der Waals surface area (Å²) in [5, 5.41) is 2.65. The Morgan fingerprint density at radius 1 is 0.938 bits per heavy atom. The molecule has 32 heavy (non-hydrogen) atoms. The molecule has 3 aromatic carbocycles. The largest absolute Gasteiger partial charge is 0.493 e. The molecule has 0 aromatic heterocycles. The Hall–Kier alpha value is -3.58. The maximum atomic E-state index is 12.7. The zero-order valence-corrected chi connectivity index (χ0v) is 19.0. The van der Waals surface area contributed by atoms with Crippen LogP contribution in [0.1, 0.15) is 16.7 Å². The number of rotatable bonds is 7. The molecule has 7 heteroatoms. The number of hydrogen-bond donors (Lipinski definition) is 1. The molecule has 0 atom stereocenters. The zero-order chi connectivity index (χ0) is 22.5. The van der Waals surface area contributed by atoms with Gasteiger partial charge in [0.25, 0.3) is 5.91 Å². The minimum atomic E-state index is -0.438. The summed E-state index contributed by atoms with van der Waals surface area (Å²) in [7, 11) is 1.56. The van der Waals surface area contributed by atoms with Gasteiger partial charge in [-0.15, -0.1) is 0 Å². The van der Waals surface area contributed by atoms with E-state index in [-0.39, 0.29) is 18.1 Å². The average Bonchev–Trinajstić information content (AvgIpc) is 3.07. The Labute approximate surface area is 194 Å². The van der Waals surface area contributed by atoms with Crippen molar-refractivity contribution in [3.63, 3.8) is 0 Å². The smallest absolute Gasteiger partial charge is 0.329 e. The predicted molar refractivity (Wildman–Crippen MR) is 125 cm³/mol. The first-order chi connectivity index (χ1) is 15.5. The highest BCUT2D eigenvalue weighted by molar-refractivity contribution is 9.10. The fraction of sp³-hybridized carbons (Fsp3) is 0.120. The maximum Gasteiger partial charge on any atom is 0.329 e. The number of imide groups is 1. The molecule has 1 fully saturated rings. The van der Waals surface area contributed by atoms with Gasteiger partial charge in [0.1, 0.15) is 12.3 Å². The van der Waals surface area contributed by atoms with Crippen LogP contribution in [0, 0.1) is 0 Å². The molecule has 1 N–H and O–H groups in total. The van der Waals surface area contributed by atoms with Crippen LogP contribution in [0.25, 0.3) is 6.08 Å². The number of ether oxygens (including phenoxy) is 2. The van der Waals surface area contributed by atoms with Gasteiger partial charge >= 0.3 is 6.03 Å². The van der Waals surface area contributed by atoms with Gasteiger partial charge in [0, 0.05) is 4.47 Å². The lowest BCUT2D eigenvalue weighted by molar-refractivity contribution is -0.123. The summed E-state index contributed by atoms with van der Waals surface area (Å²) in [6.07, 6.45) is 1.63. The number of nitrogens with one attached hydrogen (secondary N) is 1.